The first-order valence-electron chi connectivity index (χ1n) is 8.63. The first-order chi connectivity index (χ1) is 13.2. The van der Waals surface area contributed by atoms with Gasteiger partial charge in [-0.05, 0) is 18.6 Å². The fourth-order valence-corrected chi connectivity index (χ4v) is 3.55. The van der Waals surface area contributed by atoms with Crippen molar-refractivity contribution >= 4 is 11.8 Å². The minimum absolute atomic E-state index is 0.557. The molecule has 0 radical (unpaired) electrons. The van der Waals surface area contributed by atoms with Crippen molar-refractivity contribution < 1.29 is 4.52 Å². The van der Waals surface area contributed by atoms with Gasteiger partial charge in [0.1, 0.15) is 0 Å². The van der Waals surface area contributed by atoms with Crippen LogP contribution in [0.4, 0.5) is 0 Å². The van der Waals surface area contributed by atoms with Crippen molar-refractivity contribution in [2.24, 2.45) is 7.05 Å². The summed E-state index contributed by atoms with van der Waals surface area (Å²) in [4.78, 5) is 4.47. The molecule has 4 aromatic rings. The monoisotopic (exact) mass is 377 g/mol. The average molecular weight is 377 g/mol. The zero-order valence-corrected chi connectivity index (χ0v) is 16.0. The molecule has 0 amide bonds. The van der Waals surface area contributed by atoms with Crippen LogP contribution in [-0.2, 0) is 19.2 Å². The first kappa shape index (κ1) is 17.5. The van der Waals surface area contributed by atoms with Crippen LogP contribution < -0.4 is 0 Å². The third-order valence-electron chi connectivity index (χ3n) is 4.15. The summed E-state index contributed by atoms with van der Waals surface area (Å²) in [5, 5.41) is 13.5. The maximum atomic E-state index is 5.37. The summed E-state index contributed by atoms with van der Waals surface area (Å²) < 4.78 is 7.35. The van der Waals surface area contributed by atoms with E-state index in [1.54, 1.807) is 0 Å². The molecule has 136 valence electrons. The molecule has 0 aliphatic carbocycles. The molecule has 6 nitrogen and oxygen atoms in total. The Hall–Kier alpha value is -2.93. The molecule has 0 N–H and O–H groups in total. The van der Waals surface area contributed by atoms with Crippen LogP contribution in [0.25, 0.3) is 11.4 Å². The van der Waals surface area contributed by atoms with Crippen LogP contribution in [0, 0.1) is 6.92 Å². The van der Waals surface area contributed by atoms with Gasteiger partial charge in [0, 0.05) is 19.0 Å². The Balaban J connectivity index is 1.42. The van der Waals surface area contributed by atoms with E-state index >= 15 is 0 Å². The molecule has 0 aliphatic heterocycles. The van der Waals surface area contributed by atoms with Gasteiger partial charge < -0.3 is 9.09 Å². The van der Waals surface area contributed by atoms with Crippen molar-refractivity contribution in [3.63, 3.8) is 0 Å². The predicted octanol–water partition coefficient (Wildman–Crippen LogP) is 4.06. The number of hydrogen-bond acceptors (Lipinski definition) is 6. The molecule has 27 heavy (non-hydrogen) atoms. The molecule has 0 aliphatic rings. The number of hydrogen-bond donors (Lipinski definition) is 0. The number of nitrogens with zero attached hydrogens (tertiary/aromatic N) is 5. The summed E-state index contributed by atoms with van der Waals surface area (Å²) in [5.41, 5.74) is 3.41. The summed E-state index contributed by atoms with van der Waals surface area (Å²) >= 11 is 1.53. The second-order valence-corrected chi connectivity index (χ2v) is 7.23. The maximum absolute atomic E-state index is 5.37. The molecule has 2 aromatic heterocycles. The molecular weight excluding hydrogens is 358 g/mol. The van der Waals surface area contributed by atoms with Gasteiger partial charge in [-0.25, -0.2) is 0 Å². The average Bonchev–Trinajstić information content (AvgIpc) is 3.27. The lowest BCUT2D eigenvalue weighted by atomic mass is 10.1. The Morgan fingerprint density at radius 1 is 1.04 bits per heavy atom. The van der Waals surface area contributed by atoms with E-state index in [0.29, 0.717) is 23.9 Å². The van der Waals surface area contributed by atoms with Crippen LogP contribution in [0.3, 0.4) is 0 Å². The number of aromatic nitrogens is 5. The van der Waals surface area contributed by atoms with Gasteiger partial charge in [-0.15, -0.1) is 10.2 Å². The van der Waals surface area contributed by atoms with Crippen molar-refractivity contribution in [2.75, 3.05) is 0 Å². The molecule has 0 spiro atoms. The largest absolute Gasteiger partial charge is 0.338 e. The normalized spacial score (nSPS) is 11.0. The van der Waals surface area contributed by atoms with Crippen molar-refractivity contribution in [1.29, 1.82) is 0 Å². The Kier molecular flexibility index (Phi) is 5.02. The number of aryl methyl sites for hydroxylation is 1. The van der Waals surface area contributed by atoms with Gasteiger partial charge >= 0.3 is 0 Å². The molecule has 2 heterocycles. The van der Waals surface area contributed by atoms with E-state index in [9.17, 15) is 0 Å². The van der Waals surface area contributed by atoms with Crippen molar-refractivity contribution in [3.05, 3.63) is 77.4 Å². The summed E-state index contributed by atoms with van der Waals surface area (Å²) in [6.07, 6.45) is 0.663. The van der Waals surface area contributed by atoms with Crippen LogP contribution >= 0.6 is 11.8 Å². The Labute approximate surface area is 161 Å². The lowest BCUT2D eigenvalue weighted by Crippen LogP contribution is -1.95. The number of rotatable bonds is 6. The second-order valence-electron chi connectivity index (χ2n) is 6.29. The van der Waals surface area contributed by atoms with Crippen molar-refractivity contribution in [1.82, 2.24) is 24.9 Å². The van der Waals surface area contributed by atoms with Gasteiger partial charge in [-0.1, -0.05) is 71.0 Å². The van der Waals surface area contributed by atoms with E-state index in [1.165, 1.54) is 17.3 Å². The van der Waals surface area contributed by atoms with Crippen molar-refractivity contribution in [3.8, 4) is 11.4 Å². The molecule has 0 bridgehead atoms. The van der Waals surface area contributed by atoms with Crippen LogP contribution in [0.2, 0.25) is 0 Å². The topological polar surface area (TPSA) is 69.6 Å². The zero-order chi connectivity index (χ0) is 18.6. The molecule has 0 atom stereocenters. The highest BCUT2D eigenvalue weighted by Gasteiger charge is 2.14. The van der Waals surface area contributed by atoms with Gasteiger partial charge in [0.2, 0.25) is 5.89 Å². The standard InChI is InChI=1S/C20H19N5OS/c1-14-7-6-10-16(11-14)19-22-23-20(25(19)2)27-13-18-21-17(24-26-18)12-15-8-4-3-5-9-15/h3-11H,12-13H2,1-2H3. The van der Waals surface area contributed by atoms with E-state index in [1.807, 2.05) is 41.9 Å². The van der Waals surface area contributed by atoms with Crippen molar-refractivity contribution in [2.45, 2.75) is 24.3 Å². The van der Waals surface area contributed by atoms with Crippen LogP contribution in [0.15, 0.2) is 64.3 Å². The molecule has 2 aromatic carbocycles. The quantitative estimate of drug-likeness (QED) is 0.472. The van der Waals surface area contributed by atoms with Gasteiger partial charge in [0.15, 0.2) is 16.8 Å². The maximum Gasteiger partial charge on any atom is 0.237 e. The third-order valence-corrected chi connectivity index (χ3v) is 5.16. The van der Waals surface area contributed by atoms with Gasteiger partial charge in [0.25, 0.3) is 0 Å². The van der Waals surface area contributed by atoms with E-state index in [-0.39, 0.29) is 0 Å². The summed E-state index contributed by atoms with van der Waals surface area (Å²) in [6.45, 7) is 2.07. The van der Waals surface area contributed by atoms with Gasteiger partial charge in [-0.3, -0.25) is 0 Å². The molecule has 0 unspecified atom stereocenters. The SMILES string of the molecule is Cc1cccc(-c2nnc(SCc3nc(Cc4ccccc4)no3)n2C)c1. The van der Waals surface area contributed by atoms with Crippen LogP contribution in [0.5, 0.6) is 0 Å². The number of thioether (sulfide) groups is 1. The lowest BCUT2D eigenvalue weighted by Gasteiger charge is -2.03. The van der Waals surface area contributed by atoms with E-state index < -0.39 is 0 Å². The third kappa shape index (κ3) is 4.09. The summed E-state index contributed by atoms with van der Waals surface area (Å²) in [5.74, 6) is 2.68. The lowest BCUT2D eigenvalue weighted by molar-refractivity contribution is 0.385. The predicted molar refractivity (Wildman–Crippen MR) is 104 cm³/mol. The molecule has 0 fully saturated rings. The minimum atomic E-state index is 0.557. The molecular formula is C20H19N5OS. The highest BCUT2D eigenvalue weighted by Crippen LogP contribution is 2.25. The highest BCUT2D eigenvalue weighted by atomic mass is 32.2. The number of benzene rings is 2. The highest BCUT2D eigenvalue weighted by molar-refractivity contribution is 7.98. The summed E-state index contributed by atoms with van der Waals surface area (Å²) in [7, 11) is 1.97. The summed E-state index contributed by atoms with van der Waals surface area (Å²) in [6, 6.07) is 18.4. The smallest absolute Gasteiger partial charge is 0.237 e. The first-order valence-corrected chi connectivity index (χ1v) is 9.62. The fraction of sp³-hybridized carbons (Fsp3) is 0.200. The minimum Gasteiger partial charge on any atom is -0.338 e. The Bertz CT molecular complexity index is 1040. The zero-order valence-electron chi connectivity index (χ0n) is 15.2. The molecule has 0 saturated carbocycles. The fourth-order valence-electron chi connectivity index (χ4n) is 2.80. The Morgan fingerprint density at radius 2 is 1.89 bits per heavy atom. The molecule has 7 heteroatoms. The Morgan fingerprint density at radius 3 is 2.70 bits per heavy atom. The van der Waals surface area contributed by atoms with Crippen LogP contribution in [-0.4, -0.2) is 24.9 Å². The van der Waals surface area contributed by atoms with Crippen LogP contribution in [0.1, 0.15) is 22.8 Å². The molecule has 4 rings (SSSR count). The van der Waals surface area contributed by atoms with E-state index in [0.717, 1.165) is 22.1 Å². The second kappa shape index (κ2) is 7.75. The van der Waals surface area contributed by atoms with Gasteiger partial charge in [0.05, 0.1) is 5.75 Å². The van der Waals surface area contributed by atoms with E-state index in [2.05, 4.69) is 51.5 Å². The van der Waals surface area contributed by atoms with Gasteiger partial charge in [-0.2, -0.15) is 4.98 Å². The molecule has 0 saturated heterocycles. The van der Waals surface area contributed by atoms with E-state index in [4.69, 9.17) is 4.52 Å².